The van der Waals surface area contributed by atoms with Gasteiger partial charge in [0.15, 0.2) is 0 Å². The molecule has 1 aromatic carbocycles. The van der Waals surface area contributed by atoms with Crippen molar-refractivity contribution < 1.29 is 18.0 Å². The highest BCUT2D eigenvalue weighted by Crippen LogP contribution is 2.17. The molecule has 0 atom stereocenters. The van der Waals surface area contributed by atoms with Gasteiger partial charge in [-0.3, -0.25) is 9.78 Å². The van der Waals surface area contributed by atoms with Gasteiger partial charge in [0.05, 0.1) is 16.8 Å². The van der Waals surface area contributed by atoms with E-state index in [2.05, 4.69) is 25.3 Å². The van der Waals surface area contributed by atoms with E-state index in [1.54, 1.807) is 18.3 Å². The zero-order chi connectivity index (χ0) is 23.0. The lowest BCUT2D eigenvalue weighted by atomic mass is 9.96. The largest absolute Gasteiger partial charge is 0.350 e. The van der Waals surface area contributed by atoms with Crippen LogP contribution in [0.25, 0.3) is 0 Å². The van der Waals surface area contributed by atoms with Gasteiger partial charge in [-0.2, -0.15) is 0 Å². The molecule has 1 saturated carbocycles. The number of aromatic nitrogens is 2. The fraction of sp³-hybridized carbons (Fsp3) is 0.455. The molecule has 1 heterocycles. The summed E-state index contributed by atoms with van der Waals surface area (Å²) in [4.78, 5) is 32.5. The fourth-order valence-corrected chi connectivity index (χ4v) is 4.46. The Labute approximate surface area is 188 Å². The van der Waals surface area contributed by atoms with E-state index >= 15 is 0 Å². The highest BCUT2D eigenvalue weighted by atomic mass is 32.2. The number of benzene rings is 1. The molecule has 9 nitrogen and oxygen atoms in total. The summed E-state index contributed by atoms with van der Waals surface area (Å²) >= 11 is 0. The van der Waals surface area contributed by atoms with E-state index in [0.29, 0.717) is 13.0 Å². The first-order valence-corrected chi connectivity index (χ1v) is 12.4. The molecule has 0 bridgehead atoms. The Kier molecular flexibility index (Phi) is 8.15. The Morgan fingerprint density at radius 1 is 1.03 bits per heavy atom. The van der Waals surface area contributed by atoms with Crippen molar-refractivity contribution in [2.24, 2.45) is 0 Å². The predicted molar refractivity (Wildman–Crippen MR) is 120 cm³/mol. The zero-order valence-corrected chi connectivity index (χ0v) is 19.0. The second-order valence-electron chi connectivity index (χ2n) is 7.81. The molecule has 10 heteroatoms. The monoisotopic (exact) mass is 459 g/mol. The number of carbonyl (C=O) groups excluding carboxylic acids is 2. The van der Waals surface area contributed by atoms with Gasteiger partial charge < -0.3 is 10.6 Å². The number of sulfonamides is 1. The maximum absolute atomic E-state index is 12.5. The summed E-state index contributed by atoms with van der Waals surface area (Å²) in [5.41, 5.74) is 1.92. The van der Waals surface area contributed by atoms with E-state index in [1.807, 2.05) is 6.92 Å². The van der Waals surface area contributed by atoms with Crippen LogP contribution in [-0.2, 0) is 22.9 Å². The van der Waals surface area contributed by atoms with Crippen LogP contribution >= 0.6 is 0 Å². The minimum absolute atomic E-state index is 0.00960. The van der Waals surface area contributed by atoms with Crippen LogP contribution in [0.2, 0.25) is 0 Å². The number of urea groups is 1. The summed E-state index contributed by atoms with van der Waals surface area (Å²) in [7, 11) is -3.95. The number of amides is 3. The van der Waals surface area contributed by atoms with Crippen LogP contribution in [0.3, 0.4) is 0 Å². The highest BCUT2D eigenvalue weighted by Gasteiger charge is 2.21. The molecule has 3 N–H and O–H groups in total. The van der Waals surface area contributed by atoms with E-state index in [9.17, 15) is 18.0 Å². The number of nitrogens with one attached hydrogen (secondary N) is 3. The lowest BCUT2D eigenvalue weighted by molar-refractivity contribution is 0.0948. The molecule has 32 heavy (non-hydrogen) atoms. The first kappa shape index (κ1) is 23.6. The number of hydrogen-bond acceptors (Lipinski definition) is 6. The van der Waals surface area contributed by atoms with Crippen LogP contribution in [0.15, 0.2) is 41.6 Å². The quantitative estimate of drug-likeness (QED) is 0.555. The average Bonchev–Trinajstić information content (AvgIpc) is 2.79. The van der Waals surface area contributed by atoms with Gasteiger partial charge >= 0.3 is 6.03 Å². The summed E-state index contributed by atoms with van der Waals surface area (Å²) in [6.07, 6.45) is 9.27. The molecular formula is C22H29N5O4S. The topological polar surface area (TPSA) is 130 Å². The predicted octanol–water partition coefficient (Wildman–Crippen LogP) is 2.33. The molecule has 3 rings (SSSR count). The lowest BCUT2D eigenvalue weighted by Gasteiger charge is -2.22. The Balaban J connectivity index is 1.47. The maximum atomic E-state index is 12.5. The second-order valence-corrected chi connectivity index (χ2v) is 9.49. The summed E-state index contributed by atoms with van der Waals surface area (Å²) in [6, 6.07) is 5.54. The van der Waals surface area contributed by atoms with Gasteiger partial charge in [-0.05, 0) is 43.4 Å². The van der Waals surface area contributed by atoms with Crippen LogP contribution in [0.4, 0.5) is 4.79 Å². The lowest BCUT2D eigenvalue weighted by Crippen LogP contribution is -2.45. The third-order valence-corrected chi connectivity index (χ3v) is 6.75. The van der Waals surface area contributed by atoms with Gasteiger partial charge in [0, 0.05) is 18.8 Å². The molecule has 3 amide bonds. The first-order valence-electron chi connectivity index (χ1n) is 10.9. The summed E-state index contributed by atoms with van der Waals surface area (Å²) < 4.78 is 27.0. The van der Waals surface area contributed by atoms with Crippen molar-refractivity contribution >= 4 is 22.0 Å². The van der Waals surface area contributed by atoms with E-state index < -0.39 is 16.1 Å². The first-order chi connectivity index (χ1) is 15.4. The van der Waals surface area contributed by atoms with Gasteiger partial charge in [0.2, 0.25) is 0 Å². The Morgan fingerprint density at radius 2 is 1.75 bits per heavy atom. The zero-order valence-electron chi connectivity index (χ0n) is 18.1. The van der Waals surface area contributed by atoms with Crippen molar-refractivity contribution in [2.75, 3.05) is 6.54 Å². The number of carbonyl (C=O) groups is 2. The summed E-state index contributed by atoms with van der Waals surface area (Å²) in [6.45, 7) is 2.33. The Hall–Kier alpha value is -3.01. The second kappa shape index (κ2) is 11.0. The molecule has 172 valence electrons. The minimum atomic E-state index is -3.95. The van der Waals surface area contributed by atoms with E-state index in [4.69, 9.17) is 0 Å². The standard InChI is InChI=1S/C22H29N5O4S/c1-2-17-14-25-20(15-24-17)21(28)23-13-12-16-8-10-19(11-9-16)32(30,31)27-22(29)26-18-6-4-3-5-7-18/h8-11,14-15,18H,2-7,12-13H2,1H3,(H,23,28)(H2,26,27,29). The van der Waals surface area contributed by atoms with Crippen LogP contribution in [-0.4, -0.2) is 42.9 Å². The van der Waals surface area contributed by atoms with E-state index in [-0.39, 0.29) is 22.5 Å². The molecule has 0 aliphatic heterocycles. The fourth-order valence-electron chi connectivity index (χ4n) is 3.54. The molecule has 1 fully saturated rings. The van der Waals surface area contributed by atoms with Crippen molar-refractivity contribution in [1.82, 2.24) is 25.3 Å². The van der Waals surface area contributed by atoms with Crippen molar-refractivity contribution in [3.63, 3.8) is 0 Å². The van der Waals surface area contributed by atoms with Gasteiger partial charge in [-0.25, -0.2) is 22.9 Å². The van der Waals surface area contributed by atoms with Crippen molar-refractivity contribution in [3.8, 4) is 0 Å². The number of aryl methyl sites for hydroxylation is 1. The smallest absolute Gasteiger partial charge is 0.328 e. The van der Waals surface area contributed by atoms with Crippen LogP contribution in [0, 0.1) is 0 Å². The van der Waals surface area contributed by atoms with Gasteiger partial charge in [0.1, 0.15) is 5.69 Å². The molecule has 0 saturated heterocycles. The minimum Gasteiger partial charge on any atom is -0.350 e. The molecule has 0 spiro atoms. The Bertz CT molecular complexity index is 1020. The molecule has 0 radical (unpaired) electrons. The maximum Gasteiger partial charge on any atom is 0.328 e. The van der Waals surface area contributed by atoms with Gasteiger partial charge in [-0.1, -0.05) is 38.3 Å². The molecule has 1 aliphatic carbocycles. The molecule has 1 aliphatic rings. The molecular weight excluding hydrogens is 430 g/mol. The van der Waals surface area contributed by atoms with Crippen LogP contribution < -0.4 is 15.4 Å². The summed E-state index contributed by atoms with van der Waals surface area (Å²) in [5, 5.41) is 5.51. The van der Waals surface area contributed by atoms with Crippen molar-refractivity contribution in [2.45, 2.75) is 62.8 Å². The van der Waals surface area contributed by atoms with Crippen LogP contribution in [0.5, 0.6) is 0 Å². The molecule has 2 aromatic rings. The number of nitrogens with zero attached hydrogens (tertiary/aromatic N) is 2. The Morgan fingerprint density at radius 3 is 2.38 bits per heavy atom. The normalized spacial score (nSPS) is 14.5. The average molecular weight is 460 g/mol. The number of hydrogen-bond donors (Lipinski definition) is 3. The SMILES string of the molecule is CCc1cnc(C(=O)NCCc2ccc(S(=O)(=O)NC(=O)NC3CCCCC3)cc2)cn1. The molecule has 0 unspecified atom stereocenters. The third kappa shape index (κ3) is 6.74. The van der Waals surface area contributed by atoms with Crippen molar-refractivity contribution in [1.29, 1.82) is 0 Å². The van der Waals surface area contributed by atoms with E-state index in [1.165, 1.54) is 18.3 Å². The summed E-state index contributed by atoms with van der Waals surface area (Å²) in [5.74, 6) is -0.312. The third-order valence-electron chi connectivity index (χ3n) is 5.40. The number of rotatable bonds is 8. The van der Waals surface area contributed by atoms with Crippen molar-refractivity contribution in [3.05, 3.63) is 53.6 Å². The highest BCUT2D eigenvalue weighted by molar-refractivity contribution is 7.90. The van der Waals surface area contributed by atoms with Gasteiger partial charge in [0.25, 0.3) is 15.9 Å². The van der Waals surface area contributed by atoms with E-state index in [0.717, 1.165) is 49.8 Å². The van der Waals surface area contributed by atoms with Gasteiger partial charge in [-0.15, -0.1) is 0 Å². The molecule has 1 aromatic heterocycles. The van der Waals surface area contributed by atoms with Crippen LogP contribution in [0.1, 0.15) is 60.8 Å².